The molecule has 0 bridgehead atoms. The first kappa shape index (κ1) is 20.8. The molecule has 2 aliphatic rings. The number of hydrogen-bond donors (Lipinski definition) is 0. The van der Waals surface area contributed by atoms with E-state index in [0.29, 0.717) is 18.2 Å². The number of fused-ring (bicyclic) bond motifs is 1. The fourth-order valence-corrected chi connectivity index (χ4v) is 4.65. The Labute approximate surface area is 176 Å². The quantitative estimate of drug-likeness (QED) is 0.699. The van der Waals surface area contributed by atoms with Crippen molar-refractivity contribution in [3.63, 3.8) is 0 Å². The predicted octanol–water partition coefficient (Wildman–Crippen LogP) is 2.14. The van der Waals surface area contributed by atoms with Gasteiger partial charge in [-0.3, -0.25) is 18.9 Å². The highest BCUT2D eigenvalue weighted by molar-refractivity contribution is 5.69. The van der Waals surface area contributed by atoms with Gasteiger partial charge in [0.15, 0.2) is 5.82 Å². The van der Waals surface area contributed by atoms with Crippen LogP contribution in [0.4, 0.5) is 0 Å². The molecule has 0 unspecified atom stereocenters. The molecule has 0 N–H and O–H groups in total. The van der Waals surface area contributed by atoms with E-state index in [0.717, 1.165) is 69.4 Å². The lowest BCUT2D eigenvalue weighted by Gasteiger charge is -2.28. The molecule has 8 nitrogen and oxygen atoms in total. The average molecular weight is 414 g/mol. The van der Waals surface area contributed by atoms with Gasteiger partial charge in [-0.15, -0.1) is 0 Å². The van der Waals surface area contributed by atoms with Gasteiger partial charge in [0.05, 0.1) is 24.7 Å². The molecule has 8 heteroatoms. The summed E-state index contributed by atoms with van der Waals surface area (Å²) in [7, 11) is 3.55. The first-order valence-corrected chi connectivity index (χ1v) is 10.9. The van der Waals surface area contributed by atoms with Crippen LogP contribution in [0.3, 0.4) is 0 Å². The number of methoxy groups -OCH3 is 1. The second-order valence-electron chi connectivity index (χ2n) is 8.57. The Bertz CT molecular complexity index is 942. The molecule has 0 spiro atoms. The Morgan fingerprint density at radius 2 is 1.87 bits per heavy atom. The third-order valence-corrected chi connectivity index (χ3v) is 6.62. The number of ether oxygens (including phenoxy) is 1. The van der Waals surface area contributed by atoms with Crippen LogP contribution in [0, 0.1) is 5.92 Å². The second-order valence-corrected chi connectivity index (χ2v) is 8.57. The molecule has 2 aromatic rings. The largest absolute Gasteiger partial charge is 0.469 e. The van der Waals surface area contributed by atoms with E-state index in [1.54, 1.807) is 10.8 Å². The number of rotatable bonds is 5. The molecule has 1 fully saturated rings. The summed E-state index contributed by atoms with van der Waals surface area (Å²) in [6, 6.07) is 0.204. The molecule has 1 aliphatic heterocycles. The van der Waals surface area contributed by atoms with Crippen molar-refractivity contribution in [2.75, 3.05) is 27.2 Å². The van der Waals surface area contributed by atoms with Gasteiger partial charge in [-0.25, -0.2) is 9.78 Å². The number of carbonyl (C=O) groups is 1. The lowest BCUT2D eigenvalue weighted by atomic mass is 9.83. The third-order valence-electron chi connectivity index (χ3n) is 6.62. The number of imidazole rings is 1. The van der Waals surface area contributed by atoms with Crippen LogP contribution in [0.2, 0.25) is 0 Å². The van der Waals surface area contributed by atoms with E-state index >= 15 is 0 Å². The maximum Gasteiger partial charge on any atom is 0.334 e. The molecule has 1 saturated carbocycles. The molecule has 162 valence electrons. The first-order valence-electron chi connectivity index (χ1n) is 10.9. The van der Waals surface area contributed by atoms with Gasteiger partial charge in [-0.2, -0.15) is 0 Å². The highest BCUT2D eigenvalue weighted by atomic mass is 16.5. The smallest absolute Gasteiger partial charge is 0.334 e. The number of nitrogens with zero attached hydrogens (tertiary/aromatic N) is 5. The lowest BCUT2D eigenvalue weighted by molar-refractivity contribution is -0.141. The summed E-state index contributed by atoms with van der Waals surface area (Å²) < 4.78 is 8.20. The summed E-state index contributed by atoms with van der Waals surface area (Å²) >= 11 is 0. The summed E-state index contributed by atoms with van der Waals surface area (Å²) in [5.74, 6) is 0.999. The Morgan fingerprint density at radius 3 is 2.60 bits per heavy atom. The molecule has 0 saturated heterocycles. The Hall–Kier alpha value is -2.48. The normalized spacial score (nSPS) is 22.3. The predicted molar refractivity (Wildman–Crippen MR) is 113 cm³/mol. The highest BCUT2D eigenvalue weighted by Gasteiger charge is 2.25. The summed E-state index contributed by atoms with van der Waals surface area (Å²) in [5, 5.41) is 0. The molecule has 4 rings (SSSR count). The van der Waals surface area contributed by atoms with Crippen molar-refractivity contribution in [2.45, 2.75) is 57.4 Å². The fraction of sp³-hybridized carbons (Fsp3) is 0.636. The van der Waals surface area contributed by atoms with Crippen LogP contribution < -0.4 is 5.69 Å². The highest BCUT2D eigenvalue weighted by Crippen LogP contribution is 2.33. The first-order chi connectivity index (χ1) is 14.5. The molecule has 0 aromatic carbocycles. The van der Waals surface area contributed by atoms with Crippen molar-refractivity contribution in [1.82, 2.24) is 24.0 Å². The Morgan fingerprint density at radius 1 is 1.13 bits per heavy atom. The van der Waals surface area contributed by atoms with Crippen molar-refractivity contribution in [2.24, 2.45) is 5.92 Å². The van der Waals surface area contributed by atoms with Gasteiger partial charge in [0.1, 0.15) is 0 Å². The summed E-state index contributed by atoms with van der Waals surface area (Å²) in [4.78, 5) is 36.1. The maximum atomic E-state index is 13.1. The van der Waals surface area contributed by atoms with E-state index in [4.69, 9.17) is 9.72 Å². The minimum absolute atomic E-state index is 0.0481. The van der Waals surface area contributed by atoms with E-state index in [-0.39, 0.29) is 17.7 Å². The monoisotopic (exact) mass is 413 g/mol. The van der Waals surface area contributed by atoms with Crippen LogP contribution in [0.5, 0.6) is 0 Å². The van der Waals surface area contributed by atoms with Gasteiger partial charge in [0.25, 0.3) is 0 Å². The lowest BCUT2D eigenvalue weighted by Crippen LogP contribution is -2.29. The van der Waals surface area contributed by atoms with Crippen LogP contribution in [0.1, 0.15) is 56.0 Å². The van der Waals surface area contributed by atoms with Gasteiger partial charge < -0.3 is 9.64 Å². The zero-order valence-corrected chi connectivity index (χ0v) is 17.9. The molecular formula is C22H31N5O3. The van der Waals surface area contributed by atoms with Crippen molar-refractivity contribution in [3.05, 3.63) is 40.5 Å². The molecule has 30 heavy (non-hydrogen) atoms. The standard InChI is InChI=1S/C22H31N5O3/c1-25-11-9-18-19(10-12-25)24-20(15-23-18)27-14-13-26(22(27)29)17-6-3-16(4-7-17)5-8-21(28)30-2/h13-17H,3-12H2,1-2H3. The third kappa shape index (κ3) is 4.48. The Kier molecular flexibility index (Phi) is 6.32. The molecule has 0 amide bonds. The summed E-state index contributed by atoms with van der Waals surface area (Å²) in [5.41, 5.74) is 2.00. The zero-order valence-electron chi connectivity index (χ0n) is 17.9. The van der Waals surface area contributed by atoms with E-state index in [2.05, 4.69) is 16.9 Å². The fourth-order valence-electron chi connectivity index (χ4n) is 4.65. The Balaban J connectivity index is 1.44. The molecule has 3 heterocycles. The van der Waals surface area contributed by atoms with Crippen LogP contribution in [0.25, 0.3) is 5.82 Å². The second kappa shape index (κ2) is 9.12. The number of esters is 1. The zero-order chi connectivity index (χ0) is 21.1. The summed E-state index contributed by atoms with van der Waals surface area (Å²) in [6.45, 7) is 1.94. The van der Waals surface area contributed by atoms with Crippen LogP contribution in [-0.2, 0) is 22.4 Å². The maximum absolute atomic E-state index is 13.1. The SMILES string of the molecule is COC(=O)CCC1CCC(n2ccn(-c3cnc4c(n3)CCN(C)CC4)c2=O)CC1. The van der Waals surface area contributed by atoms with Gasteiger partial charge >= 0.3 is 11.7 Å². The minimum Gasteiger partial charge on any atom is -0.469 e. The van der Waals surface area contributed by atoms with E-state index in [1.165, 1.54) is 7.11 Å². The molecule has 1 aliphatic carbocycles. The van der Waals surface area contributed by atoms with Gasteiger partial charge in [-0.1, -0.05) is 0 Å². The van der Waals surface area contributed by atoms with Crippen LogP contribution >= 0.6 is 0 Å². The average Bonchev–Trinajstić information content (AvgIpc) is 3.05. The van der Waals surface area contributed by atoms with Gasteiger partial charge in [-0.05, 0) is 45.1 Å². The minimum atomic E-state index is -0.140. The van der Waals surface area contributed by atoms with Crippen molar-refractivity contribution in [3.8, 4) is 5.82 Å². The van der Waals surface area contributed by atoms with Crippen LogP contribution in [0.15, 0.2) is 23.4 Å². The molecule has 0 radical (unpaired) electrons. The van der Waals surface area contributed by atoms with Gasteiger partial charge in [0.2, 0.25) is 0 Å². The summed E-state index contributed by atoms with van der Waals surface area (Å²) in [6.07, 6.45) is 12.5. The molecular weight excluding hydrogens is 382 g/mol. The van der Waals surface area contributed by atoms with Crippen LogP contribution in [-0.4, -0.2) is 57.2 Å². The van der Waals surface area contributed by atoms with E-state index in [1.807, 2.05) is 17.0 Å². The molecule has 2 aromatic heterocycles. The number of carbonyl (C=O) groups excluding carboxylic acids is 1. The van der Waals surface area contributed by atoms with Crippen molar-refractivity contribution >= 4 is 5.97 Å². The number of hydrogen-bond acceptors (Lipinski definition) is 6. The number of aromatic nitrogens is 4. The van der Waals surface area contributed by atoms with Crippen molar-refractivity contribution < 1.29 is 9.53 Å². The van der Waals surface area contributed by atoms with Crippen molar-refractivity contribution in [1.29, 1.82) is 0 Å². The number of likely N-dealkylation sites (N-methyl/N-ethyl adjacent to an activating group) is 1. The molecule has 0 atom stereocenters. The van der Waals surface area contributed by atoms with E-state index in [9.17, 15) is 9.59 Å². The topological polar surface area (TPSA) is 82.2 Å². The van der Waals surface area contributed by atoms with Gasteiger partial charge in [0, 0.05) is 50.8 Å². The van der Waals surface area contributed by atoms with E-state index < -0.39 is 0 Å².